The lowest BCUT2D eigenvalue weighted by Gasteiger charge is -2.25. The summed E-state index contributed by atoms with van der Waals surface area (Å²) in [5.74, 6) is 0.358. The van der Waals surface area contributed by atoms with Gasteiger partial charge in [-0.15, -0.1) is 0 Å². The molecule has 0 bridgehead atoms. The summed E-state index contributed by atoms with van der Waals surface area (Å²) >= 11 is 0. The quantitative estimate of drug-likeness (QED) is 0.776. The molecule has 0 unspecified atom stereocenters. The molecule has 19 heavy (non-hydrogen) atoms. The average Bonchev–Trinajstić information content (AvgIpc) is 2.78. The van der Waals surface area contributed by atoms with Crippen LogP contribution in [0.2, 0.25) is 0 Å². The van der Waals surface area contributed by atoms with E-state index in [9.17, 15) is 4.79 Å². The van der Waals surface area contributed by atoms with Gasteiger partial charge in [0.1, 0.15) is 0 Å². The summed E-state index contributed by atoms with van der Waals surface area (Å²) in [4.78, 5) is 12.0. The van der Waals surface area contributed by atoms with Crippen molar-refractivity contribution in [2.75, 3.05) is 6.61 Å². The molecular formula is C17H22O2. The maximum atomic E-state index is 12.0. The normalized spacial score (nSPS) is 15.9. The van der Waals surface area contributed by atoms with Crippen LogP contribution in [-0.2, 0) is 41.6 Å². The fraction of sp³-hybridized carbons (Fsp3) is 0.588. The minimum Gasteiger partial charge on any atom is -0.465 e. The van der Waals surface area contributed by atoms with Crippen LogP contribution in [0.4, 0.5) is 0 Å². The highest BCUT2D eigenvalue weighted by molar-refractivity contribution is 5.75. The van der Waals surface area contributed by atoms with Crippen molar-refractivity contribution in [1.82, 2.24) is 0 Å². The summed E-state index contributed by atoms with van der Waals surface area (Å²) in [5, 5.41) is 0. The predicted octanol–water partition coefficient (Wildman–Crippen LogP) is 3.02. The lowest BCUT2D eigenvalue weighted by atomic mass is 9.80. The molecule has 102 valence electrons. The van der Waals surface area contributed by atoms with Gasteiger partial charge < -0.3 is 4.74 Å². The lowest BCUT2D eigenvalue weighted by Crippen LogP contribution is -2.19. The van der Waals surface area contributed by atoms with Crippen molar-refractivity contribution in [3.8, 4) is 0 Å². The second kappa shape index (κ2) is 4.99. The number of fused-ring (bicyclic) bond motifs is 2. The molecule has 2 aliphatic rings. The summed E-state index contributed by atoms with van der Waals surface area (Å²) in [6.07, 6.45) is 6.41. The van der Waals surface area contributed by atoms with Gasteiger partial charge in [-0.25, -0.2) is 0 Å². The van der Waals surface area contributed by atoms with Crippen LogP contribution in [0.15, 0.2) is 6.07 Å². The SMILES string of the molecule is CC(C)COC(=O)Cc1c2c(cc3c1CC3)CCC2. The van der Waals surface area contributed by atoms with E-state index < -0.39 is 0 Å². The number of aryl methyl sites for hydroxylation is 2. The monoisotopic (exact) mass is 258 g/mol. The second-order valence-electron chi connectivity index (χ2n) is 6.24. The Morgan fingerprint density at radius 3 is 2.58 bits per heavy atom. The topological polar surface area (TPSA) is 26.3 Å². The van der Waals surface area contributed by atoms with Crippen LogP contribution in [0, 0.1) is 5.92 Å². The summed E-state index contributed by atoms with van der Waals surface area (Å²) in [5.41, 5.74) is 7.18. The zero-order valence-corrected chi connectivity index (χ0v) is 11.9. The molecular weight excluding hydrogens is 236 g/mol. The Labute approximate surface area is 115 Å². The maximum absolute atomic E-state index is 12.0. The first-order valence-electron chi connectivity index (χ1n) is 7.46. The molecule has 0 radical (unpaired) electrons. The molecule has 1 aromatic carbocycles. The summed E-state index contributed by atoms with van der Waals surface area (Å²) < 4.78 is 5.35. The van der Waals surface area contributed by atoms with Crippen molar-refractivity contribution in [2.45, 2.75) is 52.4 Å². The van der Waals surface area contributed by atoms with Crippen LogP contribution in [-0.4, -0.2) is 12.6 Å². The zero-order chi connectivity index (χ0) is 13.4. The molecule has 0 fully saturated rings. The third-order valence-electron chi connectivity index (χ3n) is 4.27. The van der Waals surface area contributed by atoms with Gasteiger partial charge in [-0.3, -0.25) is 4.79 Å². The van der Waals surface area contributed by atoms with Gasteiger partial charge in [0.2, 0.25) is 0 Å². The Morgan fingerprint density at radius 1 is 1.16 bits per heavy atom. The Bertz CT molecular complexity index is 514. The number of carbonyl (C=O) groups is 1. The van der Waals surface area contributed by atoms with Crippen molar-refractivity contribution in [3.63, 3.8) is 0 Å². The fourth-order valence-electron chi connectivity index (χ4n) is 3.23. The first-order chi connectivity index (χ1) is 9.15. The first kappa shape index (κ1) is 12.7. The van der Waals surface area contributed by atoms with E-state index in [0.29, 0.717) is 18.9 Å². The summed E-state index contributed by atoms with van der Waals surface area (Å²) in [6, 6.07) is 2.38. The number of esters is 1. The molecule has 1 aromatic rings. The second-order valence-corrected chi connectivity index (χ2v) is 6.24. The highest BCUT2D eigenvalue weighted by atomic mass is 16.5. The highest BCUT2D eigenvalue weighted by Crippen LogP contribution is 2.36. The van der Waals surface area contributed by atoms with Crippen LogP contribution in [0.3, 0.4) is 0 Å². The standard InChI is InChI=1S/C17H22O2/c1-11(2)10-19-17(18)9-16-14-5-3-4-12(14)8-13-6-7-15(13)16/h8,11H,3-7,9-10H2,1-2H3. The van der Waals surface area contributed by atoms with Crippen molar-refractivity contribution in [3.05, 3.63) is 33.9 Å². The van der Waals surface area contributed by atoms with Gasteiger partial charge in [-0.05, 0) is 65.8 Å². The zero-order valence-electron chi connectivity index (χ0n) is 11.9. The number of hydrogen-bond donors (Lipinski definition) is 0. The van der Waals surface area contributed by atoms with E-state index in [4.69, 9.17) is 4.74 Å². The molecule has 0 spiro atoms. The highest BCUT2D eigenvalue weighted by Gasteiger charge is 2.26. The molecule has 0 aliphatic heterocycles. The van der Waals surface area contributed by atoms with Gasteiger partial charge in [-0.1, -0.05) is 19.9 Å². The largest absolute Gasteiger partial charge is 0.465 e. The summed E-state index contributed by atoms with van der Waals surface area (Å²) in [6.45, 7) is 4.68. The van der Waals surface area contributed by atoms with E-state index in [2.05, 4.69) is 19.9 Å². The minimum atomic E-state index is -0.0527. The number of carbonyl (C=O) groups excluding carboxylic acids is 1. The van der Waals surface area contributed by atoms with E-state index >= 15 is 0 Å². The number of ether oxygens (including phenoxy) is 1. The summed E-state index contributed by atoms with van der Waals surface area (Å²) in [7, 11) is 0. The third-order valence-corrected chi connectivity index (χ3v) is 4.27. The van der Waals surface area contributed by atoms with E-state index in [1.165, 1.54) is 47.1 Å². The van der Waals surface area contributed by atoms with Crippen LogP contribution in [0.1, 0.15) is 48.1 Å². The molecule has 0 N–H and O–H groups in total. The van der Waals surface area contributed by atoms with Crippen LogP contribution in [0.5, 0.6) is 0 Å². The predicted molar refractivity (Wildman–Crippen MR) is 75.4 cm³/mol. The average molecular weight is 258 g/mol. The van der Waals surface area contributed by atoms with Crippen LogP contribution < -0.4 is 0 Å². The Balaban J connectivity index is 1.79. The van der Waals surface area contributed by atoms with Gasteiger partial charge in [0.25, 0.3) is 0 Å². The Kier molecular flexibility index (Phi) is 3.34. The number of rotatable bonds is 4. The van der Waals surface area contributed by atoms with Gasteiger partial charge in [0.05, 0.1) is 13.0 Å². The Morgan fingerprint density at radius 2 is 1.89 bits per heavy atom. The molecule has 0 aromatic heterocycles. The molecule has 2 nitrogen and oxygen atoms in total. The molecule has 2 aliphatic carbocycles. The van der Waals surface area contributed by atoms with Crippen LogP contribution >= 0.6 is 0 Å². The van der Waals surface area contributed by atoms with Gasteiger partial charge in [0, 0.05) is 0 Å². The van der Waals surface area contributed by atoms with E-state index in [1.54, 1.807) is 0 Å². The molecule has 2 heteroatoms. The molecule has 0 saturated carbocycles. The minimum absolute atomic E-state index is 0.0527. The first-order valence-corrected chi connectivity index (χ1v) is 7.46. The van der Waals surface area contributed by atoms with E-state index in [1.807, 2.05) is 0 Å². The molecule has 3 rings (SSSR count). The third kappa shape index (κ3) is 2.41. The molecule has 0 heterocycles. The van der Waals surface area contributed by atoms with Gasteiger partial charge >= 0.3 is 5.97 Å². The Hall–Kier alpha value is -1.31. The molecule has 0 amide bonds. The van der Waals surface area contributed by atoms with Crippen molar-refractivity contribution >= 4 is 5.97 Å². The molecule has 0 saturated heterocycles. The van der Waals surface area contributed by atoms with E-state index in [0.717, 1.165) is 12.8 Å². The van der Waals surface area contributed by atoms with Crippen molar-refractivity contribution < 1.29 is 9.53 Å². The maximum Gasteiger partial charge on any atom is 0.310 e. The van der Waals surface area contributed by atoms with Crippen LogP contribution in [0.25, 0.3) is 0 Å². The van der Waals surface area contributed by atoms with Crippen molar-refractivity contribution in [2.24, 2.45) is 5.92 Å². The van der Waals surface area contributed by atoms with Gasteiger partial charge in [-0.2, -0.15) is 0 Å². The van der Waals surface area contributed by atoms with E-state index in [-0.39, 0.29) is 5.97 Å². The lowest BCUT2D eigenvalue weighted by molar-refractivity contribution is -0.143. The van der Waals surface area contributed by atoms with Gasteiger partial charge in [0.15, 0.2) is 0 Å². The number of hydrogen-bond acceptors (Lipinski definition) is 2. The molecule has 0 atom stereocenters. The fourth-order valence-corrected chi connectivity index (χ4v) is 3.23. The van der Waals surface area contributed by atoms with Crippen molar-refractivity contribution in [1.29, 1.82) is 0 Å². The smallest absolute Gasteiger partial charge is 0.310 e. The number of benzene rings is 1.